The first kappa shape index (κ1) is 32.5. The minimum absolute atomic E-state index is 0.0346. The average molecular weight is 648 g/mol. The highest BCUT2D eigenvalue weighted by Crippen LogP contribution is 2.72. The SMILES string of the molecule is COc1ccc(N(CCc2ccc([N+](=O)[O-])cc2)C(=O)/C([N+]#N)=C(\O)O[C@H]2[C@@H]3CC[C@](C)([C@H]2c2cccc4ccccc24)C3(C)C)cc1. The number of hydrogen-bond donors (Lipinski definition) is 1. The summed E-state index contributed by atoms with van der Waals surface area (Å²) < 4.78 is 11.7. The highest BCUT2D eigenvalue weighted by molar-refractivity contribution is 6.06. The summed E-state index contributed by atoms with van der Waals surface area (Å²) in [6.45, 7) is 6.90. The summed E-state index contributed by atoms with van der Waals surface area (Å²) in [6.07, 6.45) is 1.74. The van der Waals surface area contributed by atoms with E-state index in [9.17, 15) is 25.4 Å². The summed E-state index contributed by atoms with van der Waals surface area (Å²) >= 11 is 0. The summed E-state index contributed by atoms with van der Waals surface area (Å²) in [5.74, 6) is -0.948. The lowest BCUT2D eigenvalue weighted by molar-refractivity contribution is -0.384. The van der Waals surface area contributed by atoms with E-state index in [1.54, 1.807) is 36.4 Å². The predicted octanol–water partition coefficient (Wildman–Crippen LogP) is 8.54. The first-order valence-electron chi connectivity index (χ1n) is 16.1. The molecule has 0 aromatic heterocycles. The Bertz CT molecular complexity index is 1930. The van der Waals surface area contributed by atoms with Crippen molar-refractivity contribution in [2.75, 3.05) is 18.6 Å². The Balaban J connectivity index is 1.35. The molecule has 2 fully saturated rings. The number of methoxy groups -OCH3 is 1. The molecule has 4 aromatic carbocycles. The fraction of sp³-hybridized carbons (Fsp3) is 0.342. The minimum Gasteiger partial charge on any atom is -0.497 e. The van der Waals surface area contributed by atoms with Crippen molar-refractivity contribution in [3.05, 3.63) is 129 Å². The first-order valence-corrected chi connectivity index (χ1v) is 16.1. The highest BCUT2D eigenvalue weighted by Gasteiger charge is 2.68. The molecule has 2 aliphatic carbocycles. The fourth-order valence-corrected chi connectivity index (χ4v) is 8.10. The number of ether oxygens (including phenoxy) is 2. The normalized spacial score (nSPS) is 22.9. The number of anilines is 1. The van der Waals surface area contributed by atoms with Gasteiger partial charge in [0.2, 0.25) is 5.39 Å². The van der Waals surface area contributed by atoms with Gasteiger partial charge in [-0.2, -0.15) is 0 Å². The Morgan fingerprint density at radius 1 is 1.02 bits per heavy atom. The van der Waals surface area contributed by atoms with Gasteiger partial charge in [-0.1, -0.05) is 75.4 Å². The molecule has 10 heteroatoms. The predicted molar refractivity (Wildman–Crippen MR) is 183 cm³/mol. The molecule has 1 N–H and O–H groups in total. The van der Waals surface area contributed by atoms with Crippen LogP contribution >= 0.6 is 0 Å². The maximum absolute atomic E-state index is 14.1. The van der Waals surface area contributed by atoms with Crippen LogP contribution in [0.5, 0.6) is 5.75 Å². The van der Waals surface area contributed by atoms with E-state index in [-0.39, 0.29) is 34.9 Å². The van der Waals surface area contributed by atoms with Crippen LogP contribution in [0, 0.1) is 32.3 Å². The molecular formula is C38H39N4O6+. The zero-order valence-corrected chi connectivity index (χ0v) is 27.5. The largest absolute Gasteiger partial charge is 0.527 e. The molecule has 1 amide bonds. The molecule has 2 bridgehead atoms. The van der Waals surface area contributed by atoms with Crippen molar-refractivity contribution in [3.63, 3.8) is 0 Å². The minimum atomic E-state index is -0.766. The molecule has 4 aromatic rings. The number of benzene rings is 4. The van der Waals surface area contributed by atoms with Gasteiger partial charge in [-0.3, -0.25) is 14.9 Å². The Morgan fingerprint density at radius 2 is 1.71 bits per heavy atom. The second kappa shape index (κ2) is 12.6. The second-order valence-electron chi connectivity index (χ2n) is 13.5. The molecule has 0 spiro atoms. The van der Waals surface area contributed by atoms with Crippen LogP contribution in [0.4, 0.5) is 11.4 Å². The van der Waals surface area contributed by atoms with Gasteiger partial charge in [0.1, 0.15) is 11.9 Å². The summed E-state index contributed by atoms with van der Waals surface area (Å²) in [4.78, 5) is 29.4. The van der Waals surface area contributed by atoms with E-state index in [1.807, 2.05) is 18.2 Å². The molecule has 0 heterocycles. The van der Waals surface area contributed by atoms with E-state index in [1.165, 1.54) is 24.1 Å². The third-order valence-electron chi connectivity index (χ3n) is 11.1. The zero-order chi connectivity index (χ0) is 34.2. The molecule has 0 saturated heterocycles. The molecule has 4 atom stereocenters. The molecule has 10 nitrogen and oxygen atoms in total. The summed E-state index contributed by atoms with van der Waals surface area (Å²) in [5.41, 5.74) is 1.41. The highest BCUT2D eigenvalue weighted by atomic mass is 16.6. The lowest BCUT2D eigenvalue weighted by Crippen LogP contribution is -2.36. The van der Waals surface area contributed by atoms with Crippen molar-refractivity contribution in [3.8, 4) is 5.75 Å². The molecule has 48 heavy (non-hydrogen) atoms. The second-order valence-corrected chi connectivity index (χ2v) is 13.5. The van der Waals surface area contributed by atoms with E-state index >= 15 is 0 Å². The molecule has 0 radical (unpaired) electrons. The molecule has 2 saturated carbocycles. The number of diazo groups is 1. The van der Waals surface area contributed by atoms with Gasteiger partial charge < -0.3 is 19.5 Å². The van der Waals surface area contributed by atoms with Crippen LogP contribution in [0.25, 0.3) is 15.7 Å². The van der Waals surface area contributed by atoms with Crippen LogP contribution in [-0.4, -0.2) is 35.7 Å². The molecule has 246 valence electrons. The molecule has 0 unspecified atom stereocenters. The van der Waals surface area contributed by atoms with E-state index in [4.69, 9.17) is 9.47 Å². The Kier molecular flexibility index (Phi) is 8.56. The number of nitro benzene ring substituents is 1. The summed E-state index contributed by atoms with van der Waals surface area (Å²) in [5, 5.41) is 35.1. The quantitative estimate of drug-likeness (QED) is 0.0600. The first-order chi connectivity index (χ1) is 23.0. The van der Waals surface area contributed by atoms with Crippen molar-refractivity contribution in [2.24, 2.45) is 16.7 Å². The Labute approximate surface area is 279 Å². The monoisotopic (exact) mass is 647 g/mol. The number of nitro groups is 1. The third kappa shape index (κ3) is 5.49. The smallest absolute Gasteiger partial charge is 0.497 e. The molecule has 2 aliphatic rings. The van der Waals surface area contributed by atoms with Crippen LogP contribution in [0.15, 0.2) is 103 Å². The van der Waals surface area contributed by atoms with Gasteiger partial charge in [-0.25, -0.2) is 0 Å². The van der Waals surface area contributed by atoms with Crippen LogP contribution in [0.1, 0.15) is 50.7 Å². The third-order valence-corrected chi connectivity index (χ3v) is 11.1. The van der Waals surface area contributed by atoms with Crippen LogP contribution in [-0.2, 0) is 16.0 Å². The van der Waals surface area contributed by atoms with Gasteiger partial charge in [0.05, 0.1) is 12.0 Å². The summed E-state index contributed by atoms with van der Waals surface area (Å²) in [6, 6.07) is 27.3. The van der Waals surface area contributed by atoms with Crippen molar-refractivity contribution in [2.45, 2.75) is 52.1 Å². The molecule has 0 aliphatic heterocycles. The number of rotatable bonds is 10. The number of amides is 1. The lowest BCUT2D eigenvalue weighted by Gasteiger charge is -2.40. The van der Waals surface area contributed by atoms with E-state index in [0.717, 1.165) is 34.7 Å². The van der Waals surface area contributed by atoms with E-state index in [0.29, 0.717) is 17.9 Å². The Morgan fingerprint density at radius 3 is 2.38 bits per heavy atom. The maximum Gasteiger partial charge on any atom is 0.527 e. The van der Waals surface area contributed by atoms with Gasteiger partial charge >= 0.3 is 17.5 Å². The lowest BCUT2D eigenvalue weighted by atomic mass is 9.64. The van der Waals surface area contributed by atoms with Gasteiger partial charge in [0.25, 0.3) is 5.69 Å². The van der Waals surface area contributed by atoms with Gasteiger partial charge in [0.15, 0.2) is 4.98 Å². The topological polar surface area (TPSA) is 130 Å². The number of fused-ring (bicyclic) bond motifs is 3. The fourth-order valence-electron chi connectivity index (χ4n) is 8.10. The van der Waals surface area contributed by atoms with Crippen molar-refractivity contribution in [1.29, 1.82) is 5.39 Å². The van der Waals surface area contributed by atoms with Crippen LogP contribution < -0.4 is 9.64 Å². The zero-order valence-electron chi connectivity index (χ0n) is 27.5. The van der Waals surface area contributed by atoms with E-state index < -0.39 is 28.6 Å². The van der Waals surface area contributed by atoms with Gasteiger partial charge in [-0.05, 0) is 76.3 Å². The number of hydrogen-bond acceptors (Lipinski definition) is 7. The van der Waals surface area contributed by atoms with Gasteiger partial charge in [0, 0.05) is 36.2 Å². The number of carbonyl (C=O) groups excluding carboxylic acids is 1. The van der Waals surface area contributed by atoms with Crippen molar-refractivity contribution >= 4 is 28.1 Å². The maximum atomic E-state index is 14.1. The van der Waals surface area contributed by atoms with Gasteiger partial charge in [-0.15, -0.1) is 0 Å². The van der Waals surface area contributed by atoms with Crippen molar-refractivity contribution in [1.82, 2.24) is 0 Å². The molecular weight excluding hydrogens is 608 g/mol. The number of nitrogens with zero attached hydrogens (tertiary/aromatic N) is 4. The Hall–Kier alpha value is -5.43. The number of aliphatic hydroxyl groups is 1. The van der Waals surface area contributed by atoms with Crippen LogP contribution in [0.3, 0.4) is 0 Å². The number of non-ortho nitro benzene ring substituents is 1. The standard InChI is InChI=1S/C38H38N4O6/c1-37(2)31-20-22-38(37,3)32(30-11-7-9-25-8-5-6-10-29(25)30)34(31)48-36(44)33(40-39)35(43)41(26-16-18-28(47-4)19-17-26)23-21-24-12-14-27(15-13-24)42(45)46/h5-19,31-32,34H,20-23H2,1-4H3/p+1/t31-,32-,34-,38+/m0/s1. The number of aliphatic hydroxyl groups excluding tert-OH is 1. The number of carbonyl (C=O) groups is 1. The summed E-state index contributed by atoms with van der Waals surface area (Å²) in [7, 11) is 1.54. The average Bonchev–Trinajstić information content (AvgIpc) is 3.41. The van der Waals surface area contributed by atoms with Crippen LogP contribution in [0.2, 0.25) is 0 Å². The van der Waals surface area contributed by atoms with Crippen molar-refractivity contribution < 1.29 is 24.3 Å². The molecule has 6 rings (SSSR count). The van der Waals surface area contributed by atoms with E-state index in [2.05, 4.69) is 50.0 Å².